The molecule has 5 heteroatoms. The van der Waals surface area contributed by atoms with Gasteiger partial charge in [0.05, 0.1) is 12.2 Å². The fraction of sp³-hybridized carbons (Fsp3) is 0.0435. The Bertz CT molecular complexity index is 1070. The van der Waals surface area contributed by atoms with Crippen molar-refractivity contribution in [2.45, 2.75) is 6.04 Å². The van der Waals surface area contributed by atoms with Crippen molar-refractivity contribution in [2.75, 3.05) is 0 Å². The molecule has 0 amide bonds. The van der Waals surface area contributed by atoms with E-state index in [1.807, 2.05) is 89.7 Å². The Balaban J connectivity index is 1.70. The van der Waals surface area contributed by atoms with Crippen LogP contribution in [0.25, 0.3) is 17.3 Å². The summed E-state index contributed by atoms with van der Waals surface area (Å²) in [4.78, 5) is 0. The first-order chi connectivity index (χ1) is 13.7. The van der Waals surface area contributed by atoms with Gasteiger partial charge in [-0.3, -0.25) is 0 Å². The second-order valence-corrected chi connectivity index (χ2v) is 7.23. The quantitative estimate of drug-likeness (QED) is 0.376. The van der Waals surface area contributed by atoms with E-state index in [1.165, 1.54) is 0 Å². The van der Waals surface area contributed by atoms with E-state index >= 15 is 0 Å². The summed E-state index contributed by atoms with van der Waals surface area (Å²) < 4.78 is 1.86. The monoisotopic (exact) mass is 405 g/mol. The number of rotatable bonds is 5. The lowest BCUT2D eigenvalue weighted by Crippen LogP contribution is -2.09. The molecule has 1 heterocycles. The molecule has 28 heavy (non-hydrogen) atoms. The predicted octanol–water partition coefficient (Wildman–Crippen LogP) is 6.55. The molecule has 0 N–H and O–H groups in total. The highest BCUT2D eigenvalue weighted by Crippen LogP contribution is 2.25. The van der Waals surface area contributed by atoms with Gasteiger partial charge in [-0.15, -0.1) is 5.10 Å². The SMILES string of the molecule is Clc1ccc(/C=C/C(c2ccc(Cl)cc2)n2cc(-c3ccccc3)nn2)cc1. The molecule has 0 bridgehead atoms. The van der Waals surface area contributed by atoms with E-state index in [0.717, 1.165) is 27.4 Å². The molecule has 0 saturated carbocycles. The lowest BCUT2D eigenvalue weighted by atomic mass is 10.1. The molecule has 1 unspecified atom stereocenters. The maximum atomic E-state index is 6.07. The van der Waals surface area contributed by atoms with Crippen LogP contribution < -0.4 is 0 Å². The summed E-state index contributed by atoms with van der Waals surface area (Å²) >= 11 is 12.1. The topological polar surface area (TPSA) is 30.7 Å². The minimum atomic E-state index is -0.113. The van der Waals surface area contributed by atoms with E-state index in [-0.39, 0.29) is 6.04 Å². The maximum Gasteiger partial charge on any atom is 0.113 e. The third-order valence-electron chi connectivity index (χ3n) is 4.42. The van der Waals surface area contributed by atoms with Crippen LogP contribution in [0.4, 0.5) is 0 Å². The van der Waals surface area contributed by atoms with Gasteiger partial charge in [-0.25, -0.2) is 4.68 Å². The Morgan fingerprint density at radius 1 is 0.786 bits per heavy atom. The number of nitrogens with zero attached hydrogens (tertiary/aromatic N) is 3. The molecule has 0 saturated heterocycles. The fourth-order valence-electron chi connectivity index (χ4n) is 2.94. The lowest BCUT2D eigenvalue weighted by Gasteiger charge is -2.13. The van der Waals surface area contributed by atoms with Gasteiger partial charge in [0, 0.05) is 15.6 Å². The summed E-state index contributed by atoms with van der Waals surface area (Å²) in [6, 6.07) is 25.4. The lowest BCUT2D eigenvalue weighted by molar-refractivity contribution is 0.586. The van der Waals surface area contributed by atoms with Crippen molar-refractivity contribution >= 4 is 29.3 Å². The first-order valence-corrected chi connectivity index (χ1v) is 9.61. The summed E-state index contributed by atoms with van der Waals surface area (Å²) in [6.07, 6.45) is 6.11. The van der Waals surface area contributed by atoms with Crippen molar-refractivity contribution in [3.63, 3.8) is 0 Å². The molecule has 1 aromatic heterocycles. The molecule has 4 aromatic rings. The second kappa shape index (κ2) is 8.42. The van der Waals surface area contributed by atoms with E-state index in [4.69, 9.17) is 23.2 Å². The number of hydrogen-bond acceptors (Lipinski definition) is 2. The maximum absolute atomic E-state index is 6.07. The van der Waals surface area contributed by atoms with Crippen LogP contribution in [0.2, 0.25) is 10.0 Å². The molecule has 0 aliphatic heterocycles. The predicted molar refractivity (Wildman–Crippen MR) is 116 cm³/mol. The minimum Gasteiger partial charge on any atom is -0.241 e. The molecule has 4 rings (SSSR count). The van der Waals surface area contributed by atoms with Crippen molar-refractivity contribution in [1.29, 1.82) is 0 Å². The van der Waals surface area contributed by atoms with Gasteiger partial charge in [0.25, 0.3) is 0 Å². The van der Waals surface area contributed by atoms with Gasteiger partial charge in [0.15, 0.2) is 0 Å². The van der Waals surface area contributed by atoms with E-state index < -0.39 is 0 Å². The zero-order valence-electron chi connectivity index (χ0n) is 14.9. The summed E-state index contributed by atoms with van der Waals surface area (Å²) in [5, 5.41) is 10.2. The summed E-state index contributed by atoms with van der Waals surface area (Å²) in [5.74, 6) is 0. The molecule has 0 aliphatic rings. The van der Waals surface area contributed by atoms with Gasteiger partial charge in [-0.05, 0) is 35.4 Å². The third-order valence-corrected chi connectivity index (χ3v) is 4.92. The smallest absolute Gasteiger partial charge is 0.113 e. The summed E-state index contributed by atoms with van der Waals surface area (Å²) in [5.41, 5.74) is 4.00. The Kier molecular flexibility index (Phi) is 5.56. The number of aromatic nitrogens is 3. The highest BCUT2D eigenvalue weighted by Gasteiger charge is 2.14. The normalized spacial score (nSPS) is 12.4. The van der Waals surface area contributed by atoms with Gasteiger partial charge in [0.1, 0.15) is 5.69 Å². The van der Waals surface area contributed by atoms with Gasteiger partial charge in [0.2, 0.25) is 0 Å². The van der Waals surface area contributed by atoms with E-state index in [1.54, 1.807) is 0 Å². The zero-order chi connectivity index (χ0) is 19.3. The highest BCUT2D eigenvalue weighted by atomic mass is 35.5. The largest absolute Gasteiger partial charge is 0.241 e. The van der Waals surface area contributed by atoms with Gasteiger partial charge < -0.3 is 0 Å². The van der Waals surface area contributed by atoms with Crippen LogP contribution in [0.5, 0.6) is 0 Å². The Morgan fingerprint density at radius 3 is 2.11 bits per heavy atom. The minimum absolute atomic E-state index is 0.113. The van der Waals surface area contributed by atoms with Crippen molar-refractivity contribution in [1.82, 2.24) is 15.0 Å². The number of benzene rings is 3. The Labute approximate surface area is 173 Å². The van der Waals surface area contributed by atoms with Gasteiger partial charge in [-0.1, -0.05) is 95.2 Å². The molecule has 138 valence electrons. The molecule has 0 aliphatic carbocycles. The summed E-state index contributed by atoms with van der Waals surface area (Å²) in [7, 11) is 0. The Morgan fingerprint density at radius 2 is 1.43 bits per heavy atom. The average Bonchev–Trinajstić information content (AvgIpc) is 3.21. The third kappa shape index (κ3) is 4.33. The fourth-order valence-corrected chi connectivity index (χ4v) is 3.19. The van der Waals surface area contributed by atoms with Crippen molar-refractivity contribution in [2.24, 2.45) is 0 Å². The zero-order valence-corrected chi connectivity index (χ0v) is 16.4. The molecular formula is C23H17Cl2N3. The molecular weight excluding hydrogens is 389 g/mol. The Hall–Kier alpha value is -2.88. The van der Waals surface area contributed by atoms with Crippen LogP contribution in [0, 0.1) is 0 Å². The molecule has 0 fully saturated rings. The molecule has 0 radical (unpaired) electrons. The van der Waals surface area contributed by atoms with Crippen molar-refractivity contribution in [3.05, 3.63) is 112 Å². The van der Waals surface area contributed by atoms with Crippen LogP contribution in [0.1, 0.15) is 17.2 Å². The van der Waals surface area contributed by atoms with Gasteiger partial charge >= 0.3 is 0 Å². The number of allylic oxidation sites excluding steroid dienone is 1. The van der Waals surface area contributed by atoms with Crippen molar-refractivity contribution < 1.29 is 0 Å². The molecule has 3 aromatic carbocycles. The average molecular weight is 406 g/mol. The van der Waals surface area contributed by atoms with Crippen LogP contribution in [0.15, 0.2) is 91.1 Å². The summed E-state index contributed by atoms with van der Waals surface area (Å²) in [6.45, 7) is 0. The number of halogens is 2. The van der Waals surface area contributed by atoms with Crippen LogP contribution in [-0.4, -0.2) is 15.0 Å². The van der Waals surface area contributed by atoms with Crippen LogP contribution in [0.3, 0.4) is 0 Å². The highest BCUT2D eigenvalue weighted by molar-refractivity contribution is 6.30. The van der Waals surface area contributed by atoms with Crippen molar-refractivity contribution in [3.8, 4) is 11.3 Å². The second-order valence-electron chi connectivity index (χ2n) is 6.36. The van der Waals surface area contributed by atoms with Crippen LogP contribution >= 0.6 is 23.2 Å². The molecule has 1 atom stereocenters. The molecule has 3 nitrogen and oxygen atoms in total. The van der Waals surface area contributed by atoms with E-state index in [0.29, 0.717) is 5.02 Å². The van der Waals surface area contributed by atoms with E-state index in [9.17, 15) is 0 Å². The molecule has 0 spiro atoms. The van der Waals surface area contributed by atoms with Crippen LogP contribution in [-0.2, 0) is 0 Å². The number of hydrogen-bond donors (Lipinski definition) is 0. The van der Waals surface area contributed by atoms with Gasteiger partial charge in [-0.2, -0.15) is 0 Å². The van der Waals surface area contributed by atoms with E-state index in [2.05, 4.69) is 22.5 Å². The standard InChI is InChI=1S/C23H17Cl2N3/c24-20-11-6-17(7-12-20)8-15-23(19-9-13-21(25)14-10-19)28-16-22(26-27-28)18-4-2-1-3-5-18/h1-16,23H/b15-8+. The first kappa shape index (κ1) is 18.5. The first-order valence-electron chi connectivity index (χ1n) is 8.85.